The topological polar surface area (TPSA) is 80.4 Å². The molecular weight excluding hydrogens is 244 g/mol. The van der Waals surface area contributed by atoms with Crippen LogP contribution in [0.4, 0.5) is 11.4 Å². The van der Waals surface area contributed by atoms with Gasteiger partial charge in [0.25, 0.3) is 5.69 Å². The summed E-state index contributed by atoms with van der Waals surface area (Å²) in [5, 5.41) is 14.5. The van der Waals surface area contributed by atoms with Crippen molar-refractivity contribution in [3.8, 4) is 0 Å². The zero-order valence-electron chi connectivity index (χ0n) is 10.3. The predicted octanol–water partition coefficient (Wildman–Crippen LogP) is 2.74. The Hall–Kier alpha value is -2.76. The third-order valence-corrected chi connectivity index (χ3v) is 2.38. The second kappa shape index (κ2) is 5.72. The van der Waals surface area contributed by atoms with Gasteiger partial charge in [-0.1, -0.05) is 6.07 Å². The Morgan fingerprint density at radius 3 is 2.63 bits per heavy atom. The maximum absolute atomic E-state index is 10.5. The Labute approximate surface area is 110 Å². The van der Waals surface area contributed by atoms with Crippen LogP contribution in [-0.4, -0.2) is 16.1 Å². The van der Waals surface area contributed by atoms with Gasteiger partial charge < -0.3 is 0 Å². The number of aromatic nitrogens is 1. The lowest BCUT2D eigenvalue weighted by atomic mass is 10.3. The first-order valence-corrected chi connectivity index (χ1v) is 5.62. The average Bonchev–Trinajstić information content (AvgIpc) is 2.39. The van der Waals surface area contributed by atoms with Crippen LogP contribution in [0.2, 0.25) is 0 Å². The number of nitro groups is 1. The molecule has 0 bridgehead atoms. The highest BCUT2D eigenvalue weighted by Gasteiger charge is 2.02. The summed E-state index contributed by atoms with van der Waals surface area (Å²) in [7, 11) is 0. The predicted molar refractivity (Wildman–Crippen MR) is 73.3 cm³/mol. The van der Waals surface area contributed by atoms with Crippen molar-refractivity contribution in [2.45, 2.75) is 6.92 Å². The zero-order valence-corrected chi connectivity index (χ0v) is 10.3. The summed E-state index contributed by atoms with van der Waals surface area (Å²) >= 11 is 0. The summed E-state index contributed by atoms with van der Waals surface area (Å²) in [6, 6.07) is 11.7. The molecule has 0 fully saturated rings. The molecule has 96 valence electrons. The molecule has 1 N–H and O–H groups in total. The lowest BCUT2D eigenvalue weighted by Gasteiger charge is -1.99. The van der Waals surface area contributed by atoms with Crippen LogP contribution >= 0.6 is 0 Å². The van der Waals surface area contributed by atoms with Crippen LogP contribution in [0.1, 0.15) is 11.4 Å². The minimum absolute atomic E-state index is 0.0508. The van der Waals surface area contributed by atoms with E-state index in [2.05, 4.69) is 15.5 Å². The molecule has 0 unspecified atom stereocenters. The number of non-ortho nitro benzene ring substituents is 1. The van der Waals surface area contributed by atoms with Crippen molar-refractivity contribution in [1.82, 2.24) is 4.98 Å². The molecule has 0 saturated heterocycles. The molecule has 1 heterocycles. The van der Waals surface area contributed by atoms with E-state index in [1.54, 1.807) is 18.3 Å². The molecule has 0 aliphatic rings. The second-order valence-electron chi connectivity index (χ2n) is 3.88. The normalized spacial score (nSPS) is 10.6. The van der Waals surface area contributed by atoms with Crippen molar-refractivity contribution < 1.29 is 4.92 Å². The number of nitrogens with one attached hydrogen (secondary N) is 1. The van der Waals surface area contributed by atoms with Crippen molar-refractivity contribution in [3.05, 3.63) is 64.0 Å². The Bertz CT molecular complexity index is 608. The fraction of sp³-hybridized carbons (Fsp3) is 0.0769. The van der Waals surface area contributed by atoms with E-state index in [4.69, 9.17) is 0 Å². The maximum atomic E-state index is 10.5. The number of pyridine rings is 1. The van der Waals surface area contributed by atoms with Gasteiger partial charge in [-0.2, -0.15) is 5.10 Å². The Morgan fingerprint density at radius 2 is 2.00 bits per heavy atom. The van der Waals surface area contributed by atoms with Crippen LogP contribution in [-0.2, 0) is 0 Å². The standard InChI is InChI=1S/C13H12N4O2/c1-10-3-2-4-12(15-10)9-14-16-11-5-7-13(8-6-11)17(18)19/h2-9,16H,1H3. The van der Waals surface area contributed by atoms with Crippen molar-refractivity contribution in [2.75, 3.05) is 5.43 Å². The van der Waals surface area contributed by atoms with E-state index < -0.39 is 4.92 Å². The maximum Gasteiger partial charge on any atom is 0.269 e. The quantitative estimate of drug-likeness (QED) is 0.518. The number of hydrazone groups is 1. The molecule has 0 spiro atoms. The molecule has 6 nitrogen and oxygen atoms in total. The first kappa shape index (κ1) is 12.7. The van der Waals surface area contributed by atoms with Crippen LogP contribution in [0.25, 0.3) is 0 Å². The largest absolute Gasteiger partial charge is 0.278 e. The first-order chi connectivity index (χ1) is 9.15. The minimum Gasteiger partial charge on any atom is -0.278 e. The van der Waals surface area contributed by atoms with Crippen LogP contribution in [0.15, 0.2) is 47.6 Å². The Morgan fingerprint density at radius 1 is 1.26 bits per heavy atom. The molecule has 0 aliphatic heterocycles. The van der Waals surface area contributed by atoms with Gasteiger partial charge in [0.15, 0.2) is 0 Å². The number of benzene rings is 1. The van der Waals surface area contributed by atoms with Gasteiger partial charge in [0.1, 0.15) is 0 Å². The highest BCUT2D eigenvalue weighted by atomic mass is 16.6. The molecular formula is C13H12N4O2. The fourth-order valence-corrected chi connectivity index (χ4v) is 1.47. The second-order valence-corrected chi connectivity index (χ2v) is 3.88. The van der Waals surface area contributed by atoms with E-state index in [1.807, 2.05) is 25.1 Å². The highest BCUT2D eigenvalue weighted by molar-refractivity contribution is 5.77. The van der Waals surface area contributed by atoms with E-state index >= 15 is 0 Å². The minimum atomic E-state index is -0.441. The van der Waals surface area contributed by atoms with E-state index in [9.17, 15) is 10.1 Å². The van der Waals surface area contributed by atoms with Crippen LogP contribution in [0.3, 0.4) is 0 Å². The van der Waals surface area contributed by atoms with Crippen LogP contribution in [0.5, 0.6) is 0 Å². The lowest BCUT2D eigenvalue weighted by Crippen LogP contribution is -1.94. The van der Waals surface area contributed by atoms with Gasteiger partial charge in [-0.15, -0.1) is 0 Å². The fourth-order valence-electron chi connectivity index (χ4n) is 1.47. The SMILES string of the molecule is Cc1cccc(C=NNc2ccc([N+](=O)[O-])cc2)n1. The molecule has 0 atom stereocenters. The van der Waals surface area contributed by atoms with Crippen LogP contribution < -0.4 is 5.43 Å². The van der Waals surface area contributed by atoms with Gasteiger partial charge in [0.05, 0.1) is 22.5 Å². The van der Waals surface area contributed by atoms with Gasteiger partial charge >= 0.3 is 0 Å². The number of rotatable bonds is 4. The molecule has 0 saturated carbocycles. The molecule has 19 heavy (non-hydrogen) atoms. The third kappa shape index (κ3) is 3.60. The molecule has 2 rings (SSSR count). The van der Waals surface area contributed by atoms with E-state index in [0.29, 0.717) is 5.69 Å². The number of hydrogen-bond acceptors (Lipinski definition) is 5. The smallest absolute Gasteiger partial charge is 0.269 e. The Kier molecular flexibility index (Phi) is 3.82. The van der Waals surface area contributed by atoms with Crippen LogP contribution in [0, 0.1) is 17.0 Å². The van der Waals surface area contributed by atoms with Gasteiger partial charge in [0, 0.05) is 17.8 Å². The number of hydrogen-bond donors (Lipinski definition) is 1. The Balaban J connectivity index is 2.00. The number of nitrogens with zero attached hydrogens (tertiary/aromatic N) is 3. The van der Waals surface area contributed by atoms with Crippen molar-refractivity contribution in [3.63, 3.8) is 0 Å². The van der Waals surface area contributed by atoms with E-state index in [1.165, 1.54) is 12.1 Å². The van der Waals surface area contributed by atoms with Gasteiger partial charge in [-0.25, -0.2) is 0 Å². The van der Waals surface area contributed by atoms with Gasteiger partial charge in [-0.3, -0.25) is 20.5 Å². The van der Waals surface area contributed by atoms with E-state index in [-0.39, 0.29) is 5.69 Å². The molecule has 0 radical (unpaired) electrons. The summed E-state index contributed by atoms with van der Waals surface area (Å²) < 4.78 is 0. The summed E-state index contributed by atoms with van der Waals surface area (Å²) in [5.41, 5.74) is 5.17. The lowest BCUT2D eigenvalue weighted by molar-refractivity contribution is -0.384. The summed E-state index contributed by atoms with van der Waals surface area (Å²) in [6.07, 6.45) is 1.59. The zero-order chi connectivity index (χ0) is 13.7. The average molecular weight is 256 g/mol. The molecule has 1 aromatic heterocycles. The van der Waals surface area contributed by atoms with Gasteiger partial charge in [-0.05, 0) is 31.2 Å². The van der Waals surface area contributed by atoms with Gasteiger partial charge in [0.2, 0.25) is 0 Å². The van der Waals surface area contributed by atoms with Crippen molar-refractivity contribution >= 4 is 17.6 Å². The van der Waals surface area contributed by atoms with E-state index in [0.717, 1.165) is 11.4 Å². The molecule has 1 aromatic carbocycles. The molecule has 0 aliphatic carbocycles. The summed E-state index contributed by atoms with van der Waals surface area (Å²) in [4.78, 5) is 14.3. The third-order valence-electron chi connectivity index (χ3n) is 2.38. The summed E-state index contributed by atoms with van der Waals surface area (Å²) in [5.74, 6) is 0. The molecule has 2 aromatic rings. The highest BCUT2D eigenvalue weighted by Crippen LogP contribution is 2.15. The monoisotopic (exact) mass is 256 g/mol. The number of aryl methyl sites for hydroxylation is 1. The summed E-state index contributed by atoms with van der Waals surface area (Å²) in [6.45, 7) is 1.90. The molecule has 0 amide bonds. The first-order valence-electron chi connectivity index (χ1n) is 5.62. The number of nitro benzene ring substituents is 1. The number of anilines is 1. The van der Waals surface area contributed by atoms with Crippen molar-refractivity contribution in [2.24, 2.45) is 5.10 Å². The van der Waals surface area contributed by atoms with Crippen molar-refractivity contribution in [1.29, 1.82) is 0 Å². The molecule has 6 heteroatoms.